The first kappa shape index (κ1) is 14.2. The van der Waals surface area contributed by atoms with Crippen molar-refractivity contribution in [3.63, 3.8) is 0 Å². The van der Waals surface area contributed by atoms with E-state index in [1.165, 1.54) is 19.2 Å². The van der Waals surface area contributed by atoms with Gasteiger partial charge in [0.05, 0.1) is 18.7 Å². The molecule has 1 atom stereocenters. The Balaban J connectivity index is 3.43. The fraction of sp³-hybridized carbons (Fsp3) is 0.364. The molecule has 0 fully saturated rings. The second kappa shape index (κ2) is 5.16. The second-order valence-corrected chi connectivity index (χ2v) is 3.59. The van der Waals surface area contributed by atoms with Crippen LogP contribution in [0.5, 0.6) is 11.5 Å². The Morgan fingerprint density at radius 2 is 2.17 bits per heavy atom. The first-order chi connectivity index (χ1) is 8.38. The summed E-state index contributed by atoms with van der Waals surface area (Å²) in [6.45, 7) is -1.49. The first-order valence-corrected chi connectivity index (χ1v) is 4.93. The van der Waals surface area contributed by atoms with Gasteiger partial charge < -0.3 is 20.7 Å². The van der Waals surface area contributed by atoms with Crippen LogP contribution in [0, 0.1) is 11.3 Å². The molecule has 5 nitrogen and oxygen atoms in total. The number of ether oxygens (including phenoxy) is 1. The number of nitrogens with two attached hydrogens (primary N) is 1. The van der Waals surface area contributed by atoms with Crippen LogP contribution in [0.15, 0.2) is 12.1 Å². The van der Waals surface area contributed by atoms with Gasteiger partial charge in [-0.2, -0.15) is 5.26 Å². The van der Waals surface area contributed by atoms with Gasteiger partial charge in [0.1, 0.15) is 12.6 Å². The number of nitriles is 1. The van der Waals surface area contributed by atoms with E-state index in [0.29, 0.717) is 0 Å². The number of alkyl halides is 2. The van der Waals surface area contributed by atoms with Crippen molar-refractivity contribution in [1.82, 2.24) is 0 Å². The molecule has 0 radical (unpaired) electrons. The average molecular weight is 258 g/mol. The Kier molecular flexibility index (Phi) is 4.06. The number of benzene rings is 1. The second-order valence-electron chi connectivity index (χ2n) is 3.59. The standard InChI is InChI=1S/C11H12F2N2O3/c1-18-7-3-2-6(4-14)8(9(7)17)10(15)11(12,13)5-16/h2-3,10,16-17H,5,15H2,1H3/t10-/m1/s1. The molecule has 0 aliphatic rings. The predicted octanol–water partition coefficient (Wildman–Crippen LogP) is 0.900. The van der Waals surface area contributed by atoms with Crippen LogP contribution in [-0.4, -0.2) is 29.9 Å². The minimum absolute atomic E-state index is 0.0758. The highest BCUT2D eigenvalue weighted by molar-refractivity contribution is 5.55. The molecule has 0 aliphatic carbocycles. The largest absolute Gasteiger partial charge is 0.504 e. The van der Waals surface area contributed by atoms with Crippen LogP contribution in [0.3, 0.4) is 0 Å². The van der Waals surface area contributed by atoms with E-state index in [1.54, 1.807) is 6.07 Å². The van der Waals surface area contributed by atoms with Gasteiger partial charge in [-0.1, -0.05) is 0 Å². The lowest BCUT2D eigenvalue weighted by atomic mass is 9.95. The van der Waals surface area contributed by atoms with E-state index >= 15 is 0 Å². The molecule has 0 saturated carbocycles. The number of methoxy groups -OCH3 is 1. The van der Waals surface area contributed by atoms with Gasteiger partial charge in [-0.05, 0) is 12.1 Å². The van der Waals surface area contributed by atoms with E-state index in [2.05, 4.69) is 0 Å². The third-order valence-corrected chi connectivity index (χ3v) is 2.50. The van der Waals surface area contributed by atoms with E-state index in [9.17, 15) is 13.9 Å². The lowest BCUT2D eigenvalue weighted by Gasteiger charge is -2.23. The number of nitrogens with zero attached hydrogens (tertiary/aromatic N) is 1. The quantitative estimate of drug-likeness (QED) is 0.745. The predicted molar refractivity (Wildman–Crippen MR) is 58.3 cm³/mol. The zero-order chi connectivity index (χ0) is 13.9. The number of halogens is 2. The highest BCUT2D eigenvalue weighted by atomic mass is 19.3. The molecule has 4 N–H and O–H groups in total. The normalized spacial score (nSPS) is 12.9. The Morgan fingerprint density at radius 3 is 2.61 bits per heavy atom. The van der Waals surface area contributed by atoms with Gasteiger partial charge in [-0.25, -0.2) is 8.78 Å². The molecular formula is C11H12F2N2O3. The average Bonchev–Trinajstić information content (AvgIpc) is 2.37. The number of aliphatic hydroxyl groups is 1. The number of rotatable bonds is 4. The number of aliphatic hydroxyl groups excluding tert-OH is 1. The lowest BCUT2D eigenvalue weighted by Crippen LogP contribution is -2.36. The summed E-state index contributed by atoms with van der Waals surface area (Å²) >= 11 is 0. The van der Waals surface area contributed by atoms with Gasteiger partial charge in [0.15, 0.2) is 11.5 Å². The minimum atomic E-state index is -3.66. The monoisotopic (exact) mass is 258 g/mol. The highest BCUT2D eigenvalue weighted by Crippen LogP contribution is 2.40. The molecule has 0 unspecified atom stereocenters. The van der Waals surface area contributed by atoms with Crippen LogP contribution in [0.4, 0.5) is 8.78 Å². The van der Waals surface area contributed by atoms with Crippen LogP contribution >= 0.6 is 0 Å². The molecule has 0 aromatic heterocycles. The van der Waals surface area contributed by atoms with Gasteiger partial charge in [0.2, 0.25) is 0 Å². The summed E-state index contributed by atoms with van der Waals surface area (Å²) in [4.78, 5) is 0. The summed E-state index contributed by atoms with van der Waals surface area (Å²) in [6.07, 6.45) is 0. The van der Waals surface area contributed by atoms with Crippen molar-refractivity contribution in [2.24, 2.45) is 5.73 Å². The van der Waals surface area contributed by atoms with Crippen molar-refractivity contribution in [3.05, 3.63) is 23.3 Å². The van der Waals surface area contributed by atoms with E-state index in [4.69, 9.17) is 20.8 Å². The number of hydrogen-bond donors (Lipinski definition) is 3. The fourth-order valence-electron chi connectivity index (χ4n) is 1.47. The summed E-state index contributed by atoms with van der Waals surface area (Å²) in [5, 5.41) is 27.2. The maximum atomic E-state index is 13.3. The molecule has 1 rings (SSSR count). The fourth-order valence-corrected chi connectivity index (χ4v) is 1.47. The number of aromatic hydroxyl groups is 1. The Hall–Kier alpha value is -1.91. The van der Waals surface area contributed by atoms with Crippen molar-refractivity contribution in [1.29, 1.82) is 5.26 Å². The smallest absolute Gasteiger partial charge is 0.289 e. The van der Waals surface area contributed by atoms with Gasteiger partial charge in [-0.15, -0.1) is 0 Å². The summed E-state index contributed by atoms with van der Waals surface area (Å²) < 4.78 is 31.4. The molecule has 7 heteroatoms. The van der Waals surface area contributed by atoms with Gasteiger partial charge in [-0.3, -0.25) is 0 Å². The number of phenols is 1. The molecule has 0 spiro atoms. The summed E-state index contributed by atoms with van der Waals surface area (Å²) in [7, 11) is 1.24. The number of phenolic OH excluding ortho intramolecular Hbond substituents is 1. The van der Waals surface area contributed by atoms with Crippen LogP contribution in [0.2, 0.25) is 0 Å². The van der Waals surface area contributed by atoms with E-state index in [0.717, 1.165) is 0 Å². The Bertz CT molecular complexity index is 486. The summed E-state index contributed by atoms with van der Waals surface area (Å²) in [6, 6.07) is 2.12. The Morgan fingerprint density at radius 1 is 1.56 bits per heavy atom. The van der Waals surface area contributed by atoms with E-state index in [1.807, 2.05) is 0 Å². The molecule has 0 amide bonds. The van der Waals surface area contributed by atoms with Crippen LogP contribution in [-0.2, 0) is 0 Å². The zero-order valence-electron chi connectivity index (χ0n) is 9.52. The van der Waals surface area contributed by atoms with Crippen molar-refractivity contribution in [3.8, 4) is 17.6 Å². The van der Waals surface area contributed by atoms with Crippen LogP contribution < -0.4 is 10.5 Å². The molecule has 98 valence electrons. The topological polar surface area (TPSA) is 99.5 Å². The van der Waals surface area contributed by atoms with E-state index in [-0.39, 0.29) is 11.3 Å². The molecule has 0 aliphatic heterocycles. The molecule has 18 heavy (non-hydrogen) atoms. The van der Waals surface area contributed by atoms with Crippen molar-refractivity contribution >= 4 is 0 Å². The summed E-state index contributed by atoms with van der Waals surface area (Å²) in [5.74, 6) is -4.36. The molecule has 1 aromatic carbocycles. The molecule has 0 bridgehead atoms. The van der Waals surface area contributed by atoms with Crippen LogP contribution in [0.1, 0.15) is 17.2 Å². The molecule has 1 aromatic rings. The molecular weight excluding hydrogens is 246 g/mol. The third kappa shape index (κ3) is 2.34. The van der Waals surface area contributed by atoms with Crippen molar-refractivity contribution in [2.45, 2.75) is 12.0 Å². The third-order valence-electron chi connectivity index (χ3n) is 2.50. The zero-order valence-corrected chi connectivity index (χ0v) is 9.52. The lowest BCUT2D eigenvalue weighted by molar-refractivity contribution is -0.0716. The van der Waals surface area contributed by atoms with Crippen LogP contribution in [0.25, 0.3) is 0 Å². The maximum Gasteiger partial charge on any atom is 0.289 e. The number of hydrogen-bond acceptors (Lipinski definition) is 5. The minimum Gasteiger partial charge on any atom is -0.504 e. The van der Waals surface area contributed by atoms with Crippen molar-refractivity contribution in [2.75, 3.05) is 13.7 Å². The van der Waals surface area contributed by atoms with Gasteiger partial charge in [0, 0.05) is 5.56 Å². The first-order valence-electron chi connectivity index (χ1n) is 4.93. The maximum absolute atomic E-state index is 13.3. The Labute approximate surface area is 102 Å². The van der Waals surface area contributed by atoms with Crippen molar-refractivity contribution < 1.29 is 23.7 Å². The van der Waals surface area contributed by atoms with E-state index < -0.39 is 29.9 Å². The van der Waals surface area contributed by atoms with Gasteiger partial charge >= 0.3 is 0 Å². The highest BCUT2D eigenvalue weighted by Gasteiger charge is 2.40. The summed E-state index contributed by atoms with van der Waals surface area (Å²) in [5.41, 5.74) is 4.66. The SMILES string of the molecule is COc1ccc(C#N)c([C@@H](N)C(F)(F)CO)c1O. The van der Waals surface area contributed by atoms with Gasteiger partial charge in [0.25, 0.3) is 5.92 Å². The molecule has 0 heterocycles. The molecule has 0 saturated heterocycles.